The minimum Gasteiger partial charge on any atom is -0.465 e. The largest absolute Gasteiger partial charge is 0.465 e. The number of nitrogens with zero attached hydrogens (tertiary/aromatic N) is 2. The minimum atomic E-state index is -0.745. The lowest BCUT2D eigenvalue weighted by Gasteiger charge is -2.22. The molecule has 0 spiro atoms. The van der Waals surface area contributed by atoms with Gasteiger partial charge in [-0.2, -0.15) is 0 Å². The van der Waals surface area contributed by atoms with Crippen LogP contribution in [-0.4, -0.2) is 53.2 Å². The third-order valence-corrected chi connectivity index (χ3v) is 4.63. The highest BCUT2D eigenvalue weighted by Gasteiger charge is 2.42. The first-order chi connectivity index (χ1) is 8.24. The lowest BCUT2D eigenvalue weighted by atomic mass is 10.1. The zero-order valence-corrected chi connectivity index (χ0v) is 10.3. The van der Waals surface area contributed by atoms with Gasteiger partial charge in [-0.3, -0.25) is 4.90 Å². The second-order valence-electron chi connectivity index (χ2n) is 5.92. The quantitative estimate of drug-likeness (QED) is 0.655. The first-order valence-electron chi connectivity index (χ1n) is 6.96. The molecular weight excluding hydrogens is 216 g/mol. The van der Waals surface area contributed by atoms with Crippen LogP contribution in [0.1, 0.15) is 32.1 Å². The van der Waals surface area contributed by atoms with E-state index in [1.165, 1.54) is 43.7 Å². The SMILES string of the molecule is C1CCN2CC2C1.O=C(O)N1CCC2CC2C1. The van der Waals surface area contributed by atoms with Crippen molar-refractivity contribution in [2.24, 2.45) is 11.8 Å². The Balaban J connectivity index is 0.000000113. The molecule has 0 bridgehead atoms. The Morgan fingerprint density at radius 1 is 1.06 bits per heavy atom. The van der Waals surface area contributed by atoms with Gasteiger partial charge in [0.05, 0.1) is 0 Å². The predicted octanol–water partition coefficient (Wildman–Crippen LogP) is 1.86. The lowest BCUT2D eigenvalue weighted by Crippen LogP contribution is -2.35. The van der Waals surface area contributed by atoms with Gasteiger partial charge in [-0.05, 0) is 44.1 Å². The van der Waals surface area contributed by atoms with E-state index < -0.39 is 6.09 Å². The number of carbonyl (C=O) groups is 1. The standard InChI is InChI=1S/C7H11NO2.C6H11N/c9-7(10)8-2-1-5-3-6(5)4-8;1-2-4-7-5-6(7)3-1/h5-6H,1-4H2,(H,9,10);6H,1-5H2. The summed E-state index contributed by atoms with van der Waals surface area (Å²) in [5.74, 6) is 1.58. The van der Waals surface area contributed by atoms with Crippen molar-refractivity contribution in [2.75, 3.05) is 26.2 Å². The molecule has 0 aromatic carbocycles. The summed E-state index contributed by atoms with van der Waals surface area (Å²) in [7, 11) is 0. The first-order valence-corrected chi connectivity index (χ1v) is 6.96. The Kier molecular flexibility index (Phi) is 2.99. The number of amides is 1. The van der Waals surface area contributed by atoms with E-state index in [0.29, 0.717) is 5.92 Å². The summed E-state index contributed by atoms with van der Waals surface area (Å²) in [4.78, 5) is 14.5. The smallest absolute Gasteiger partial charge is 0.407 e. The zero-order valence-electron chi connectivity index (χ0n) is 10.3. The molecule has 96 valence electrons. The van der Waals surface area contributed by atoms with Gasteiger partial charge < -0.3 is 10.0 Å². The van der Waals surface area contributed by atoms with Crippen molar-refractivity contribution < 1.29 is 9.90 Å². The first kappa shape index (κ1) is 11.3. The summed E-state index contributed by atoms with van der Waals surface area (Å²) in [5, 5.41) is 8.60. The van der Waals surface area contributed by atoms with E-state index in [4.69, 9.17) is 5.11 Å². The van der Waals surface area contributed by atoms with E-state index in [1.54, 1.807) is 0 Å². The monoisotopic (exact) mass is 238 g/mol. The number of hydrogen-bond donors (Lipinski definition) is 1. The van der Waals surface area contributed by atoms with E-state index in [1.807, 2.05) is 0 Å². The van der Waals surface area contributed by atoms with Crippen LogP contribution in [0.4, 0.5) is 4.79 Å². The van der Waals surface area contributed by atoms with Crippen LogP contribution in [0.15, 0.2) is 0 Å². The molecule has 0 aromatic rings. The molecule has 4 heteroatoms. The Bertz CT molecular complexity index is 298. The molecule has 0 radical (unpaired) electrons. The van der Waals surface area contributed by atoms with Crippen LogP contribution in [0, 0.1) is 11.8 Å². The molecule has 1 N–H and O–H groups in total. The maximum Gasteiger partial charge on any atom is 0.407 e. The Morgan fingerprint density at radius 2 is 1.94 bits per heavy atom. The highest BCUT2D eigenvalue weighted by Crippen LogP contribution is 2.44. The van der Waals surface area contributed by atoms with Crippen LogP contribution >= 0.6 is 0 Å². The number of rotatable bonds is 0. The topological polar surface area (TPSA) is 43.6 Å². The summed E-state index contributed by atoms with van der Waals surface area (Å²) >= 11 is 0. The summed E-state index contributed by atoms with van der Waals surface area (Å²) in [6.45, 7) is 4.36. The van der Waals surface area contributed by atoms with Crippen LogP contribution in [0.5, 0.6) is 0 Å². The summed E-state index contributed by atoms with van der Waals surface area (Å²) in [6.07, 6.45) is 6.05. The van der Waals surface area contributed by atoms with E-state index in [9.17, 15) is 4.79 Å². The van der Waals surface area contributed by atoms with Gasteiger partial charge in [0.2, 0.25) is 0 Å². The van der Waals surface area contributed by atoms with Crippen molar-refractivity contribution >= 4 is 6.09 Å². The molecular formula is C13H22N2O2. The van der Waals surface area contributed by atoms with Crippen LogP contribution < -0.4 is 0 Å². The summed E-state index contributed by atoms with van der Waals surface area (Å²) < 4.78 is 0. The third kappa shape index (κ3) is 2.73. The fourth-order valence-corrected chi connectivity index (χ4v) is 3.22. The Labute approximate surface area is 103 Å². The van der Waals surface area contributed by atoms with Crippen molar-refractivity contribution in [3.05, 3.63) is 0 Å². The molecule has 3 heterocycles. The minimum absolute atomic E-state index is 0.713. The van der Waals surface area contributed by atoms with Gasteiger partial charge in [-0.25, -0.2) is 4.79 Å². The number of carboxylic acid groups (broad SMARTS) is 1. The molecule has 3 saturated heterocycles. The molecule has 4 fully saturated rings. The second-order valence-corrected chi connectivity index (χ2v) is 5.92. The van der Waals surface area contributed by atoms with Crippen LogP contribution in [0.2, 0.25) is 0 Å². The molecule has 4 unspecified atom stereocenters. The van der Waals surface area contributed by atoms with E-state index in [0.717, 1.165) is 31.5 Å². The normalized spacial score (nSPS) is 41.5. The molecule has 17 heavy (non-hydrogen) atoms. The Morgan fingerprint density at radius 3 is 2.53 bits per heavy atom. The van der Waals surface area contributed by atoms with E-state index >= 15 is 0 Å². The summed E-state index contributed by atoms with van der Waals surface area (Å²) in [6, 6.07) is 1.04. The average molecular weight is 238 g/mol. The van der Waals surface area contributed by atoms with Crippen LogP contribution in [0.25, 0.3) is 0 Å². The van der Waals surface area contributed by atoms with Crippen molar-refractivity contribution in [3.8, 4) is 0 Å². The predicted molar refractivity (Wildman–Crippen MR) is 65.0 cm³/mol. The van der Waals surface area contributed by atoms with Crippen molar-refractivity contribution in [3.63, 3.8) is 0 Å². The van der Waals surface area contributed by atoms with E-state index in [-0.39, 0.29) is 0 Å². The van der Waals surface area contributed by atoms with Gasteiger partial charge >= 0.3 is 6.09 Å². The average Bonchev–Trinajstić information content (AvgIpc) is 3.22. The molecule has 1 saturated carbocycles. The highest BCUT2D eigenvalue weighted by atomic mass is 16.4. The maximum atomic E-state index is 10.4. The van der Waals surface area contributed by atoms with E-state index in [2.05, 4.69) is 4.90 Å². The molecule has 4 rings (SSSR count). The molecule has 4 nitrogen and oxygen atoms in total. The van der Waals surface area contributed by atoms with Gasteiger partial charge in [0.15, 0.2) is 0 Å². The van der Waals surface area contributed by atoms with Gasteiger partial charge in [0, 0.05) is 25.7 Å². The summed E-state index contributed by atoms with van der Waals surface area (Å²) in [5.41, 5.74) is 0. The van der Waals surface area contributed by atoms with Crippen LogP contribution in [-0.2, 0) is 0 Å². The fourth-order valence-electron chi connectivity index (χ4n) is 3.22. The zero-order chi connectivity index (χ0) is 11.8. The molecule has 0 aromatic heterocycles. The molecule has 4 aliphatic rings. The number of piperidine rings is 2. The molecule has 1 aliphatic carbocycles. The van der Waals surface area contributed by atoms with Gasteiger partial charge in [0.1, 0.15) is 0 Å². The van der Waals surface area contributed by atoms with Gasteiger partial charge in [-0.1, -0.05) is 6.42 Å². The molecule has 4 atom stereocenters. The third-order valence-electron chi connectivity index (χ3n) is 4.63. The number of likely N-dealkylation sites (tertiary alicyclic amines) is 1. The van der Waals surface area contributed by atoms with Crippen molar-refractivity contribution in [1.29, 1.82) is 0 Å². The van der Waals surface area contributed by atoms with Crippen molar-refractivity contribution in [2.45, 2.75) is 38.1 Å². The van der Waals surface area contributed by atoms with Gasteiger partial charge in [0.25, 0.3) is 0 Å². The number of fused-ring (bicyclic) bond motifs is 2. The van der Waals surface area contributed by atoms with Crippen LogP contribution in [0.3, 0.4) is 0 Å². The van der Waals surface area contributed by atoms with Crippen molar-refractivity contribution in [1.82, 2.24) is 9.80 Å². The molecule has 3 aliphatic heterocycles. The Hall–Kier alpha value is -0.770. The lowest BCUT2D eigenvalue weighted by molar-refractivity contribution is 0.133. The van der Waals surface area contributed by atoms with Gasteiger partial charge in [-0.15, -0.1) is 0 Å². The number of hydrogen-bond acceptors (Lipinski definition) is 2. The maximum absolute atomic E-state index is 10.4. The second kappa shape index (κ2) is 4.48. The molecule has 1 amide bonds. The highest BCUT2D eigenvalue weighted by molar-refractivity contribution is 5.65. The fraction of sp³-hybridized carbons (Fsp3) is 0.923.